The van der Waals surface area contributed by atoms with E-state index < -0.39 is 5.41 Å². The summed E-state index contributed by atoms with van der Waals surface area (Å²) in [5.41, 5.74) is 20.8. The zero-order chi connectivity index (χ0) is 49.5. The van der Waals surface area contributed by atoms with Crippen molar-refractivity contribution < 1.29 is 0 Å². The summed E-state index contributed by atoms with van der Waals surface area (Å²) in [5.74, 6) is 2.55. The van der Waals surface area contributed by atoms with Gasteiger partial charge in [0.25, 0.3) is 0 Å². The maximum Gasteiger partial charge on any atom is 0.164 e. The van der Waals surface area contributed by atoms with Crippen LogP contribution in [0.25, 0.3) is 99.4 Å². The summed E-state index contributed by atoms with van der Waals surface area (Å²) in [7, 11) is 0. The molecule has 3 aromatic heterocycles. The van der Waals surface area contributed by atoms with Gasteiger partial charge in [0.1, 0.15) is 0 Å². The third kappa shape index (κ3) is 5.94. The number of nitrogens with zero attached hydrogens (tertiary/aromatic N) is 5. The molecule has 0 radical (unpaired) electrons. The van der Waals surface area contributed by atoms with Gasteiger partial charge in [-0.2, -0.15) is 0 Å². The van der Waals surface area contributed by atoms with Gasteiger partial charge in [-0.05, 0) is 85.0 Å². The highest BCUT2D eigenvalue weighted by molar-refractivity contribution is 7.26. The van der Waals surface area contributed by atoms with Gasteiger partial charge in [-0.25, -0.2) is 24.9 Å². The Kier molecular flexibility index (Phi) is 9.08. The van der Waals surface area contributed by atoms with Gasteiger partial charge < -0.3 is 0 Å². The lowest BCUT2D eigenvalue weighted by atomic mass is 9.55. The first-order chi connectivity index (χ1) is 36.2. The quantitative estimate of drug-likeness (QED) is 0.172. The number of hydrogen-bond acceptors (Lipinski definition) is 6. The fraction of sp³-hybridized carbons (Fsp3) is 0.103. The van der Waals surface area contributed by atoms with Crippen LogP contribution in [0.15, 0.2) is 212 Å². The van der Waals surface area contributed by atoms with Crippen LogP contribution in [-0.2, 0) is 16.2 Å². The average molecular weight is 966 g/mol. The number of aromatic nitrogens is 5. The summed E-state index contributed by atoms with van der Waals surface area (Å²) in [4.78, 5) is 27.1. The molecule has 15 rings (SSSR count). The molecule has 0 N–H and O–H groups in total. The van der Waals surface area contributed by atoms with Gasteiger partial charge in [-0.3, -0.25) is 0 Å². The van der Waals surface area contributed by atoms with Gasteiger partial charge in [0.15, 0.2) is 23.3 Å². The van der Waals surface area contributed by atoms with Crippen LogP contribution < -0.4 is 0 Å². The van der Waals surface area contributed by atoms with Gasteiger partial charge in [0.05, 0.1) is 21.3 Å². The second-order valence-electron chi connectivity index (χ2n) is 21.1. The molecule has 0 aliphatic heterocycles. The van der Waals surface area contributed by atoms with Crippen LogP contribution >= 0.6 is 11.3 Å². The SMILES string of the molecule is CC1(C)c2ccccc2-c2ccc(-c3nc(-c4ccc5c(c4)-c4c(-c6nc(-c7ccccc7)nc(-c7ccccc7)n6)cccc4C54c5ccccc5C(C)(C)c5ccccc54)nc4c3sc3ccccc34)cc21. The van der Waals surface area contributed by atoms with E-state index in [1.165, 1.54) is 60.3 Å². The lowest BCUT2D eigenvalue weighted by Crippen LogP contribution is -2.40. The number of fused-ring (bicyclic) bond motifs is 15. The normalized spacial score (nSPS) is 14.8. The molecule has 3 aliphatic carbocycles. The van der Waals surface area contributed by atoms with E-state index in [1.807, 2.05) is 36.4 Å². The third-order valence-electron chi connectivity index (χ3n) is 16.4. The van der Waals surface area contributed by atoms with Crippen molar-refractivity contribution in [3.8, 4) is 79.1 Å². The van der Waals surface area contributed by atoms with Crippen LogP contribution in [0.2, 0.25) is 0 Å². The summed E-state index contributed by atoms with van der Waals surface area (Å²) in [6.07, 6.45) is 0. The Labute approximate surface area is 434 Å². The molecule has 0 bridgehead atoms. The Balaban J connectivity index is 1.01. The zero-order valence-electron chi connectivity index (χ0n) is 41.4. The first-order valence-corrected chi connectivity index (χ1v) is 26.3. The van der Waals surface area contributed by atoms with Crippen LogP contribution in [0.3, 0.4) is 0 Å². The van der Waals surface area contributed by atoms with Crippen molar-refractivity contribution in [3.63, 3.8) is 0 Å². The van der Waals surface area contributed by atoms with Crippen LogP contribution in [0.5, 0.6) is 0 Å². The molecule has 0 saturated carbocycles. The Bertz CT molecular complexity index is 4210. The molecular formula is C68H47N5S. The molecular weight excluding hydrogens is 919 g/mol. The van der Waals surface area contributed by atoms with E-state index in [-0.39, 0.29) is 10.8 Å². The van der Waals surface area contributed by atoms with Crippen molar-refractivity contribution in [3.05, 3.63) is 257 Å². The molecule has 350 valence electrons. The van der Waals surface area contributed by atoms with E-state index in [9.17, 15) is 0 Å². The van der Waals surface area contributed by atoms with Crippen molar-refractivity contribution in [1.82, 2.24) is 24.9 Å². The minimum absolute atomic E-state index is 0.161. The third-order valence-corrected chi connectivity index (χ3v) is 17.6. The Morgan fingerprint density at radius 3 is 1.55 bits per heavy atom. The molecule has 0 unspecified atom stereocenters. The van der Waals surface area contributed by atoms with Gasteiger partial charge in [0.2, 0.25) is 0 Å². The topological polar surface area (TPSA) is 64.5 Å². The molecule has 0 saturated heterocycles. The molecule has 5 nitrogen and oxygen atoms in total. The molecule has 3 aliphatic rings. The van der Waals surface area contributed by atoms with Crippen molar-refractivity contribution in [2.75, 3.05) is 0 Å². The molecule has 1 spiro atoms. The van der Waals surface area contributed by atoms with Crippen LogP contribution in [0.1, 0.15) is 72.2 Å². The highest BCUT2D eigenvalue weighted by Gasteiger charge is 2.54. The summed E-state index contributed by atoms with van der Waals surface area (Å²) >= 11 is 1.77. The molecule has 9 aromatic carbocycles. The summed E-state index contributed by atoms with van der Waals surface area (Å²) in [6, 6.07) is 76.9. The molecule has 74 heavy (non-hydrogen) atoms. The van der Waals surface area contributed by atoms with E-state index in [2.05, 4.69) is 204 Å². The molecule has 0 atom stereocenters. The van der Waals surface area contributed by atoms with Gasteiger partial charge in [0, 0.05) is 48.7 Å². The maximum absolute atomic E-state index is 5.67. The smallest absolute Gasteiger partial charge is 0.164 e. The minimum Gasteiger partial charge on any atom is -0.226 e. The fourth-order valence-electron chi connectivity index (χ4n) is 13.0. The Morgan fingerprint density at radius 2 is 0.851 bits per heavy atom. The molecule has 12 aromatic rings. The lowest BCUT2D eigenvalue weighted by molar-refractivity contribution is 0.563. The second kappa shape index (κ2) is 15.6. The number of thiophene rings is 1. The Hall–Kier alpha value is -8.71. The van der Waals surface area contributed by atoms with Crippen molar-refractivity contribution in [2.24, 2.45) is 0 Å². The van der Waals surface area contributed by atoms with Crippen molar-refractivity contribution >= 4 is 31.6 Å². The Morgan fingerprint density at radius 1 is 0.324 bits per heavy atom. The number of benzene rings is 9. The minimum atomic E-state index is -0.659. The summed E-state index contributed by atoms with van der Waals surface area (Å²) in [6.45, 7) is 9.43. The second-order valence-corrected chi connectivity index (χ2v) is 22.1. The van der Waals surface area contributed by atoms with Gasteiger partial charge in [-0.15, -0.1) is 11.3 Å². The van der Waals surface area contributed by atoms with Crippen molar-refractivity contribution in [1.29, 1.82) is 0 Å². The molecule has 3 heterocycles. The monoisotopic (exact) mass is 965 g/mol. The highest BCUT2D eigenvalue weighted by atomic mass is 32.1. The standard InChI is InChI=1S/C68H47N5S/c1-66(2)49-27-13-11-24-44(49)45-36-34-42(39-56(45)66)59-61-60(46-25-12-18-33-57(46)74-61)70-64(69-59)43-35-37-50-48(38-43)58-47(65-72-62(40-20-7-5-8-21-40)71-63(73-65)41-22-9-6-10-23-41)26-19-32-55(58)68(50)53-30-16-14-28-51(53)67(3,4)52-29-15-17-31-54(52)68/h5-39H,1-4H3. The number of hydrogen-bond donors (Lipinski definition) is 0. The van der Waals surface area contributed by atoms with E-state index in [0.29, 0.717) is 23.3 Å². The lowest BCUT2D eigenvalue weighted by Gasteiger charge is -2.46. The van der Waals surface area contributed by atoms with Gasteiger partial charge in [-0.1, -0.05) is 222 Å². The van der Waals surface area contributed by atoms with Crippen LogP contribution in [0.4, 0.5) is 0 Å². The maximum atomic E-state index is 5.67. The van der Waals surface area contributed by atoms with E-state index in [4.69, 9.17) is 24.9 Å². The van der Waals surface area contributed by atoms with Crippen LogP contribution in [-0.4, -0.2) is 24.9 Å². The zero-order valence-corrected chi connectivity index (χ0v) is 42.2. The molecule has 6 heteroatoms. The van der Waals surface area contributed by atoms with Gasteiger partial charge >= 0.3 is 0 Å². The van der Waals surface area contributed by atoms with Crippen LogP contribution in [0, 0.1) is 0 Å². The predicted molar refractivity (Wildman–Crippen MR) is 302 cm³/mol. The molecule has 0 amide bonds. The van der Waals surface area contributed by atoms with E-state index in [0.717, 1.165) is 60.2 Å². The fourth-order valence-corrected chi connectivity index (χ4v) is 14.1. The largest absolute Gasteiger partial charge is 0.226 e. The number of rotatable bonds is 5. The van der Waals surface area contributed by atoms with Crippen molar-refractivity contribution in [2.45, 2.75) is 43.9 Å². The van der Waals surface area contributed by atoms with E-state index in [1.54, 1.807) is 11.3 Å². The highest BCUT2D eigenvalue weighted by Crippen LogP contribution is 2.64. The summed E-state index contributed by atoms with van der Waals surface area (Å²) in [5, 5.41) is 1.13. The average Bonchev–Trinajstić information content (AvgIpc) is 4.08. The first-order valence-electron chi connectivity index (χ1n) is 25.5. The first kappa shape index (κ1) is 42.9. The molecule has 0 fully saturated rings. The predicted octanol–water partition coefficient (Wildman–Crippen LogP) is 16.7. The van der Waals surface area contributed by atoms with E-state index >= 15 is 0 Å². The summed E-state index contributed by atoms with van der Waals surface area (Å²) < 4.78 is 2.28.